The average Bonchev–Trinajstić information content (AvgIpc) is 3.00. The van der Waals surface area contributed by atoms with Crippen LogP contribution in [-0.4, -0.2) is 44.8 Å². The molecule has 19 heavy (non-hydrogen) atoms. The van der Waals surface area contributed by atoms with E-state index in [1.807, 2.05) is 17.5 Å². The zero-order chi connectivity index (χ0) is 13.4. The van der Waals surface area contributed by atoms with Crippen molar-refractivity contribution in [1.82, 2.24) is 14.7 Å². The number of nitrogens with zero attached hydrogens (tertiary/aromatic N) is 3. The third-order valence-corrected chi connectivity index (χ3v) is 3.86. The first-order chi connectivity index (χ1) is 9.15. The summed E-state index contributed by atoms with van der Waals surface area (Å²) >= 11 is 1.56. The Hall–Kier alpha value is -2.15. The molecule has 0 saturated carbocycles. The maximum absolute atomic E-state index is 12.1. The van der Waals surface area contributed by atoms with E-state index in [-0.39, 0.29) is 12.5 Å². The van der Waals surface area contributed by atoms with Gasteiger partial charge in [0.15, 0.2) is 0 Å². The summed E-state index contributed by atoms with van der Waals surface area (Å²) in [6, 6.07) is 5.59. The molecule has 0 aromatic carbocycles. The molecule has 1 amide bonds. The molecular weight excluding hydrogens is 266 g/mol. The molecule has 0 fully saturated rings. The van der Waals surface area contributed by atoms with Crippen LogP contribution >= 0.6 is 11.3 Å². The summed E-state index contributed by atoms with van der Waals surface area (Å²) in [4.78, 5) is 25.2. The first kappa shape index (κ1) is 11.9. The van der Waals surface area contributed by atoms with Crippen LogP contribution in [-0.2, 0) is 11.3 Å². The molecule has 98 valence electrons. The van der Waals surface area contributed by atoms with Gasteiger partial charge < -0.3 is 10.0 Å². The van der Waals surface area contributed by atoms with Crippen LogP contribution in [0.3, 0.4) is 0 Å². The molecule has 1 N–H and O–H groups in total. The number of rotatable bonds is 3. The fraction of sp³-hybridized carbons (Fsp3) is 0.250. The highest BCUT2D eigenvalue weighted by molar-refractivity contribution is 7.13. The van der Waals surface area contributed by atoms with Gasteiger partial charge in [-0.25, -0.2) is 0 Å². The van der Waals surface area contributed by atoms with Gasteiger partial charge in [-0.2, -0.15) is 5.10 Å². The van der Waals surface area contributed by atoms with E-state index >= 15 is 0 Å². The largest absolute Gasteiger partial charge is 0.480 e. The highest BCUT2D eigenvalue weighted by atomic mass is 32.1. The van der Waals surface area contributed by atoms with Crippen LogP contribution in [0.4, 0.5) is 0 Å². The second-order valence-corrected chi connectivity index (χ2v) is 5.18. The monoisotopic (exact) mass is 277 g/mol. The van der Waals surface area contributed by atoms with Crippen LogP contribution < -0.4 is 0 Å². The zero-order valence-electron chi connectivity index (χ0n) is 9.94. The summed E-state index contributed by atoms with van der Waals surface area (Å²) in [5.74, 6) is -1.27. The van der Waals surface area contributed by atoms with E-state index in [0.717, 1.165) is 10.6 Å². The van der Waals surface area contributed by atoms with Crippen LogP contribution in [0.1, 0.15) is 10.5 Å². The number of hydrogen-bond acceptors (Lipinski definition) is 4. The molecular formula is C12H11N3O3S. The Balaban J connectivity index is 1.92. The van der Waals surface area contributed by atoms with Crippen LogP contribution in [0.5, 0.6) is 0 Å². The van der Waals surface area contributed by atoms with E-state index in [1.54, 1.807) is 22.1 Å². The van der Waals surface area contributed by atoms with Crippen LogP contribution in [0.15, 0.2) is 23.6 Å². The Labute approximate surface area is 112 Å². The van der Waals surface area contributed by atoms with Crippen molar-refractivity contribution in [2.45, 2.75) is 6.54 Å². The molecule has 1 aliphatic rings. The molecule has 0 unspecified atom stereocenters. The highest BCUT2D eigenvalue weighted by Crippen LogP contribution is 2.25. The lowest BCUT2D eigenvalue weighted by Crippen LogP contribution is -2.43. The number of amides is 1. The molecule has 0 aliphatic carbocycles. The maximum atomic E-state index is 12.1. The van der Waals surface area contributed by atoms with E-state index in [9.17, 15) is 9.59 Å². The van der Waals surface area contributed by atoms with Gasteiger partial charge in [-0.15, -0.1) is 11.3 Å². The summed E-state index contributed by atoms with van der Waals surface area (Å²) in [6.45, 7) is 0.641. The number of aliphatic carboxylic acids is 1. The molecule has 3 rings (SSSR count). The molecule has 0 radical (unpaired) electrons. The lowest BCUT2D eigenvalue weighted by atomic mass is 10.2. The van der Waals surface area contributed by atoms with Gasteiger partial charge >= 0.3 is 5.97 Å². The molecule has 6 nitrogen and oxygen atoms in total. The number of hydrogen-bond donors (Lipinski definition) is 1. The fourth-order valence-electron chi connectivity index (χ4n) is 2.10. The van der Waals surface area contributed by atoms with Gasteiger partial charge in [0.1, 0.15) is 17.9 Å². The van der Waals surface area contributed by atoms with Crippen molar-refractivity contribution in [3.63, 3.8) is 0 Å². The second kappa shape index (κ2) is 4.51. The van der Waals surface area contributed by atoms with Crippen molar-refractivity contribution < 1.29 is 14.7 Å². The van der Waals surface area contributed by atoms with Crippen molar-refractivity contribution in [2.75, 3.05) is 13.1 Å². The number of carboxylic acid groups (broad SMARTS) is 1. The van der Waals surface area contributed by atoms with Gasteiger partial charge in [0.25, 0.3) is 5.91 Å². The zero-order valence-corrected chi connectivity index (χ0v) is 10.8. The number of carboxylic acids is 1. The van der Waals surface area contributed by atoms with Crippen molar-refractivity contribution in [2.24, 2.45) is 0 Å². The van der Waals surface area contributed by atoms with Gasteiger partial charge in [-0.05, 0) is 17.5 Å². The van der Waals surface area contributed by atoms with Crippen LogP contribution in [0.25, 0.3) is 10.6 Å². The Bertz CT molecular complexity index is 633. The topological polar surface area (TPSA) is 75.4 Å². The van der Waals surface area contributed by atoms with E-state index in [1.165, 1.54) is 4.90 Å². The van der Waals surface area contributed by atoms with Crippen molar-refractivity contribution in [3.8, 4) is 10.6 Å². The third-order valence-electron chi connectivity index (χ3n) is 2.97. The molecule has 2 aromatic rings. The lowest BCUT2D eigenvalue weighted by molar-refractivity contribution is -0.137. The van der Waals surface area contributed by atoms with Gasteiger partial charge in [-0.1, -0.05) is 6.07 Å². The molecule has 0 bridgehead atoms. The molecule has 0 saturated heterocycles. The first-order valence-corrected chi connectivity index (χ1v) is 6.66. The number of thiophene rings is 1. The quantitative estimate of drug-likeness (QED) is 0.913. The molecule has 3 heterocycles. The Morgan fingerprint density at radius 3 is 3.00 bits per heavy atom. The summed E-state index contributed by atoms with van der Waals surface area (Å²) in [6.07, 6.45) is 0. The maximum Gasteiger partial charge on any atom is 0.323 e. The van der Waals surface area contributed by atoms with Crippen molar-refractivity contribution in [1.29, 1.82) is 0 Å². The SMILES string of the molecule is O=C(O)CN1CCn2nc(-c3cccs3)cc2C1=O. The minimum Gasteiger partial charge on any atom is -0.480 e. The molecule has 7 heteroatoms. The highest BCUT2D eigenvalue weighted by Gasteiger charge is 2.27. The number of carbonyl (C=O) groups is 2. The fourth-order valence-corrected chi connectivity index (χ4v) is 2.78. The van der Waals surface area contributed by atoms with Gasteiger partial charge in [0.05, 0.1) is 11.4 Å². The Morgan fingerprint density at radius 1 is 1.47 bits per heavy atom. The molecule has 2 aromatic heterocycles. The molecule has 0 atom stereocenters. The van der Waals surface area contributed by atoms with Crippen LogP contribution in [0, 0.1) is 0 Å². The minimum atomic E-state index is -1.00. The number of fused-ring (bicyclic) bond motifs is 1. The molecule has 1 aliphatic heterocycles. The smallest absolute Gasteiger partial charge is 0.323 e. The molecule has 0 spiro atoms. The number of aromatic nitrogens is 2. The first-order valence-electron chi connectivity index (χ1n) is 5.78. The van der Waals surface area contributed by atoms with Crippen LogP contribution in [0.2, 0.25) is 0 Å². The summed E-state index contributed by atoms with van der Waals surface area (Å²) in [5, 5.41) is 15.1. The third kappa shape index (κ3) is 2.12. The minimum absolute atomic E-state index is 0.266. The lowest BCUT2D eigenvalue weighted by Gasteiger charge is -2.25. The normalized spacial score (nSPS) is 14.5. The number of carbonyl (C=O) groups excluding carboxylic acids is 1. The predicted octanol–water partition coefficient (Wildman–Crippen LogP) is 1.15. The second-order valence-electron chi connectivity index (χ2n) is 4.24. The van der Waals surface area contributed by atoms with E-state index in [2.05, 4.69) is 5.10 Å². The van der Waals surface area contributed by atoms with Gasteiger partial charge in [-0.3, -0.25) is 14.3 Å². The van der Waals surface area contributed by atoms with Crippen molar-refractivity contribution >= 4 is 23.2 Å². The summed E-state index contributed by atoms with van der Waals surface area (Å²) in [5.41, 5.74) is 1.21. The van der Waals surface area contributed by atoms with E-state index < -0.39 is 5.97 Å². The summed E-state index contributed by atoms with van der Waals surface area (Å²) < 4.78 is 1.65. The van der Waals surface area contributed by atoms with Gasteiger partial charge in [0, 0.05) is 6.54 Å². The summed E-state index contributed by atoms with van der Waals surface area (Å²) in [7, 11) is 0. The average molecular weight is 277 g/mol. The van der Waals surface area contributed by atoms with E-state index in [0.29, 0.717) is 18.8 Å². The van der Waals surface area contributed by atoms with Gasteiger partial charge in [0.2, 0.25) is 0 Å². The predicted molar refractivity (Wildman–Crippen MR) is 69.1 cm³/mol. The Kier molecular flexibility index (Phi) is 2.83. The Morgan fingerprint density at radius 2 is 2.32 bits per heavy atom. The van der Waals surface area contributed by atoms with Crippen molar-refractivity contribution in [3.05, 3.63) is 29.3 Å². The standard InChI is InChI=1S/C12H11N3O3S/c16-11(17)7-14-3-4-15-9(12(14)18)6-8(13-15)10-2-1-5-19-10/h1-2,5-6H,3-4,7H2,(H,16,17). The van der Waals surface area contributed by atoms with E-state index in [4.69, 9.17) is 5.11 Å².